The average molecular weight is 429 g/mol. The molecule has 1 aliphatic rings. The van der Waals surface area contributed by atoms with Crippen molar-refractivity contribution in [1.29, 1.82) is 0 Å². The summed E-state index contributed by atoms with van der Waals surface area (Å²) in [7, 11) is -3.37. The second-order valence-corrected chi connectivity index (χ2v) is 10.3. The number of hydrogen-bond acceptors (Lipinski definition) is 3. The Morgan fingerprint density at radius 3 is 2.37 bits per heavy atom. The Kier molecular flexibility index (Phi) is 7.67. The van der Waals surface area contributed by atoms with Gasteiger partial charge in [-0.1, -0.05) is 54.6 Å². The van der Waals surface area contributed by atoms with Crippen molar-refractivity contribution < 1.29 is 13.2 Å². The fourth-order valence-electron chi connectivity index (χ4n) is 3.92. The molecule has 0 unspecified atom stereocenters. The molecule has 0 aliphatic carbocycles. The summed E-state index contributed by atoms with van der Waals surface area (Å²) in [5.41, 5.74) is 3.09. The van der Waals surface area contributed by atoms with Crippen LogP contribution >= 0.6 is 0 Å². The van der Waals surface area contributed by atoms with E-state index in [2.05, 4.69) is 17.4 Å². The number of nitrogens with zero attached hydrogens (tertiary/aromatic N) is 1. The lowest BCUT2D eigenvalue weighted by molar-refractivity contribution is -0.126. The van der Waals surface area contributed by atoms with E-state index in [-0.39, 0.29) is 23.6 Å². The van der Waals surface area contributed by atoms with Crippen molar-refractivity contribution in [2.75, 3.05) is 13.1 Å². The van der Waals surface area contributed by atoms with Crippen LogP contribution in [0.15, 0.2) is 54.6 Å². The van der Waals surface area contributed by atoms with Crippen molar-refractivity contribution in [2.45, 2.75) is 51.3 Å². The van der Waals surface area contributed by atoms with Gasteiger partial charge >= 0.3 is 0 Å². The summed E-state index contributed by atoms with van der Waals surface area (Å²) >= 11 is 0. The van der Waals surface area contributed by atoms with E-state index in [9.17, 15) is 13.2 Å². The Balaban J connectivity index is 1.46. The van der Waals surface area contributed by atoms with Gasteiger partial charge in [-0.25, -0.2) is 12.7 Å². The summed E-state index contributed by atoms with van der Waals surface area (Å²) < 4.78 is 27.2. The lowest BCUT2D eigenvalue weighted by Gasteiger charge is -2.31. The maximum absolute atomic E-state index is 12.8. The lowest BCUT2D eigenvalue weighted by Crippen LogP contribution is -2.45. The number of carbonyl (C=O) groups excluding carboxylic acids is 1. The highest BCUT2D eigenvalue weighted by Crippen LogP contribution is 2.23. The molecule has 2 aromatic rings. The predicted molar refractivity (Wildman–Crippen MR) is 120 cm³/mol. The molecule has 2 aromatic carbocycles. The number of aryl methyl sites for hydroxylation is 2. The first-order valence-electron chi connectivity index (χ1n) is 10.7. The summed E-state index contributed by atoms with van der Waals surface area (Å²) in [5, 5.41) is 3.11. The normalized spacial score (nSPS) is 16.9. The largest absolute Gasteiger partial charge is 0.353 e. The van der Waals surface area contributed by atoms with Crippen LogP contribution < -0.4 is 5.32 Å². The van der Waals surface area contributed by atoms with Gasteiger partial charge in [0, 0.05) is 25.0 Å². The van der Waals surface area contributed by atoms with Gasteiger partial charge in [0.2, 0.25) is 15.9 Å². The van der Waals surface area contributed by atoms with E-state index in [1.165, 1.54) is 5.56 Å². The van der Waals surface area contributed by atoms with E-state index in [0.29, 0.717) is 25.9 Å². The second-order valence-electron chi connectivity index (χ2n) is 8.29. The Morgan fingerprint density at radius 2 is 1.70 bits per heavy atom. The van der Waals surface area contributed by atoms with Crippen LogP contribution in [0.1, 0.15) is 42.9 Å². The summed E-state index contributed by atoms with van der Waals surface area (Å²) in [4.78, 5) is 12.6. The highest BCUT2D eigenvalue weighted by Gasteiger charge is 2.31. The third-order valence-corrected chi connectivity index (χ3v) is 7.74. The minimum atomic E-state index is -3.37. The highest BCUT2D eigenvalue weighted by atomic mass is 32.2. The zero-order valence-electron chi connectivity index (χ0n) is 17.9. The van der Waals surface area contributed by atoms with Gasteiger partial charge in [0.05, 0.1) is 5.75 Å². The number of hydrogen-bond donors (Lipinski definition) is 1. The van der Waals surface area contributed by atoms with Crippen molar-refractivity contribution in [2.24, 2.45) is 5.92 Å². The van der Waals surface area contributed by atoms with E-state index >= 15 is 0 Å². The van der Waals surface area contributed by atoms with Gasteiger partial charge in [-0.2, -0.15) is 0 Å². The number of piperidine rings is 1. The van der Waals surface area contributed by atoms with Crippen molar-refractivity contribution in [3.63, 3.8) is 0 Å². The predicted octanol–water partition coefficient (Wildman–Crippen LogP) is 3.67. The molecule has 6 heteroatoms. The molecule has 0 spiro atoms. The molecule has 1 saturated heterocycles. The van der Waals surface area contributed by atoms with Crippen LogP contribution in [-0.4, -0.2) is 37.8 Å². The standard InChI is InChI=1S/C24H32N2O3S/c1-19-8-6-7-11-23(19)18-30(28,29)26-16-14-22(15-17-26)24(27)25-20(2)12-13-21-9-4-3-5-10-21/h3-11,20,22H,12-18H2,1-2H3,(H,25,27)/t20-/m0/s1. The summed E-state index contributed by atoms with van der Waals surface area (Å²) in [5.74, 6) is -0.0480. The number of amides is 1. The monoisotopic (exact) mass is 428 g/mol. The number of nitrogens with one attached hydrogen (secondary N) is 1. The zero-order chi connectivity index (χ0) is 21.6. The smallest absolute Gasteiger partial charge is 0.223 e. The van der Waals surface area contributed by atoms with Gasteiger partial charge in [-0.15, -0.1) is 0 Å². The molecule has 1 amide bonds. The fourth-order valence-corrected chi connectivity index (χ4v) is 5.58. The topological polar surface area (TPSA) is 66.5 Å². The molecule has 5 nitrogen and oxygen atoms in total. The number of carbonyl (C=O) groups is 1. The SMILES string of the molecule is Cc1ccccc1CS(=O)(=O)N1CCC(C(=O)N[C@@H](C)CCc2ccccc2)CC1. The van der Waals surface area contributed by atoms with Crippen LogP contribution in [0.5, 0.6) is 0 Å². The molecule has 0 aromatic heterocycles. The molecule has 1 heterocycles. The molecular weight excluding hydrogens is 396 g/mol. The van der Waals surface area contributed by atoms with Crippen LogP contribution in [-0.2, 0) is 27.0 Å². The Morgan fingerprint density at radius 1 is 1.07 bits per heavy atom. The van der Waals surface area contributed by atoms with Crippen LogP contribution in [0.2, 0.25) is 0 Å². The van der Waals surface area contributed by atoms with Gasteiger partial charge in [0.1, 0.15) is 0 Å². The molecule has 162 valence electrons. The lowest BCUT2D eigenvalue weighted by atomic mass is 9.96. The maximum Gasteiger partial charge on any atom is 0.223 e. The number of sulfonamides is 1. The van der Waals surface area contributed by atoms with Gasteiger partial charge in [-0.3, -0.25) is 4.79 Å². The third kappa shape index (κ3) is 6.16. The van der Waals surface area contributed by atoms with Gasteiger partial charge in [0.15, 0.2) is 0 Å². The molecular formula is C24H32N2O3S. The quantitative estimate of drug-likeness (QED) is 0.698. The van der Waals surface area contributed by atoms with Gasteiger partial charge in [0.25, 0.3) is 0 Å². The Bertz CT molecular complexity index is 936. The van der Waals surface area contributed by atoms with Gasteiger partial charge < -0.3 is 5.32 Å². The number of rotatable bonds is 8. The summed E-state index contributed by atoms with van der Waals surface area (Å²) in [6, 6.07) is 17.9. The van der Waals surface area contributed by atoms with E-state index in [1.807, 2.05) is 56.3 Å². The summed E-state index contributed by atoms with van der Waals surface area (Å²) in [6.45, 7) is 4.78. The minimum absolute atomic E-state index is 0.0209. The van der Waals surface area contributed by atoms with E-state index in [0.717, 1.165) is 24.0 Å². The highest BCUT2D eigenvalue weighted by molar-refractivity contribution is 7.88. The molecule has 30 heavy (non-hydrogen) atoms. The van der Waals surface area contributed by atoms with Crippen LogP contribution in [0, 0.1) is 12.8 Å². The molecule has 1 fully saturated rings. The van der Waals surface area contributed by atoms with Crippen LogP contribution in [0.3, 0.4) is 0 Å². The molecule has 0 saturated carbocycles. The van der Waals surface area contributed by atoms with E-state index < -0.39 is 10.0 Å². The Labute approximate surface area is 180 Å². The second kappa shape index (κ2) is 10.2. The molecule has 3 rings (SSSR count). The molecule has 1 N–H and O–H groups in total. The Hall–Kier alpha value is -2.18. The average Bonchev–Trinajstić information content (AvgIpc) is 2.74. The molecule has 1 atom stereocenters. The first-order valence-corrected chi connectivity index (χ1v) is 12.3. The van der Waals surface area contributed by atoms with Gasteiger partial charge in [-0.05, 0) is 56.2 Å². The molecule has 0 radical (unpaired) electrons. The van der Waals surface area contributed by atoms with Crippen LogP contribution in [0.25, 0.3) is 0 Å². The third-order valence-electron chi connectivity index (χ3n) is 5.91. The van der Waals surface area contributed by atoms with Crippen LogP contribution in [0.4, 0.5) is 0 Å². The number of benzene rings is 2. The minimum Gasteiger partial charge on any atom is -0.353 e. The van der Waals surface area contributed by atoms with Crippen molar-refractivity contribution in [3.8, 4) is 0 Å². The molecule has 1 aliphatic heterocycles. The summed E-state index contributed by atoms with van der Waals surface area (Å²) in [6.07, 6.45) is 2.96. The van der Waals surface area contributed by atoms with E-state index in [1.54, 1.807) is 4.31 Å². The first-order chi connectivity index (χ1) is 14.3. The maximum atomic E-state index is 12.8. The van der Waals surface area contributed by atoms with E-state index in [4.69, 9.17) is 0 Å². The fraction of sp³-hybridized carbons (Fsp3) is 0.458. The molecule has 0 bridgehead atoms. The first kappa shape index (κ1) is 22.5. The van der Waals surface area contributed by atoms with Crippen molar-refractivity contribution in [3.05, 3.63) is 71.3 Å². The van der Waals surface area contributed by atoms with Crippen molar-refractivity contribution >= 4 is 15.9 Å². The van der Waals surface area contributed by atoms with Crippen molar-refractivity contribution in [1.82, 2.24) is 9.62 Å². The zero-order valence-corrected chi connectivity index (χ0v) is 18.7.